The Morgan fingerprint density at radius 1 is 1.00 bits per heavy atom. The van der Waals surface area contributed by atoms with E-state index in [-0.39, 0.29) is 10.8 Å². The lowest BCUT2D eigenvalue weighted by molar-refractivity contribution is 0.0130. The van der Waals surface area contributed by atoms with E-state index in [1.807, 2.05) is 12.1 Å². The van der Waals surface area contributed by atoms with Crippen LogP contribution >= 0.6 is 11.6 Å². The van der Waals surface area contributed by atoms with E-state index >= 15 is 0 Å². The molecule has 0 radical (unpaired) electrons. The lowest BCUT2D eigenvalue weighted by Gasteiger charge is -2.30. The molecule has 1 aromatic rings. The normalized spacial score (nSPS) is 24.7. The number of hydrogen-bond acceptors (Lipinski definition) is 1. The van der Waals surface area contributed by atoms with E-state index in [2.05, 4.69) is 13.0 Å². The maximum absolute atomic E-state index is 14.1. The zero-order chi connectivity index (χ0) is 21.3. The Labute approximate surface area is 188 Å². The summed E-state index contributed by atoms with van der Waals surface area (Å²) < 4.78 is 20.4. The Morgan fingerprint density at radius 2 is 1.73 bits per heavy atom. The van der Waals surface area contributed by atoms with Crippen LogP contribution in [0.3, 0.4) is 0 Å². The maximum Gasteiger partial charge on any atom is 0.145 e. The van der Waals surface area contributed by atoms with Crippen molar-refractivity contribution in [3.63, 3.8) is 0 Å². The fraction of sp³-hybridized carbons (Fsp3) is 0.704. The number of ether oxygens (including phenoxy) is 1. The van der Waals surface area contributed by atoms with Gasteiger partial charge in [-0.1, -0.05) is 88.1 Å². The fourth-order valence-electron chi connectivity index (χ4n) is 5.10. The SMILES string of the molecule is CCCCCCCC1CCC(COC2CC=C(c3ccc(C)c(F)c3Cl)CC2)CC1. The first-order valence-corrected chi connectivity index (χ1v) is 12.7. The zero-order valence-electron chi connectivity index (χ0n) is 19.0. The predicted octanol–water partition coefficient (Wildman–Crippen LogP) is 8.91. The molecule has 168 valence electrons. The van der Waals surface area contributed by atoms with E-state index in [4.69, 9.17) is 16.3 Å². The van der Waals surface area contributed by atoms with Crippen molar-refractivity contribution in [2.45, 2.75) is 103 Å². The topological polar surface area (TPSA) is 9.23 Å². The standard InChI is InChI=1S/C27H40ClFO/c1-3-4-5-6-7-8-21-10-12-22(13-11-21)19-30-24-16-14-23(15-17-24)25-18-9-20(2)27(29)26(25)28/h9,14,18,21-22,24H,3-8,10-13,15-17,19H2,1-2H3. The summed E-state index contributed by atoms with van der Waals surface area (Å²) in [5.41, 5.74) is 2.62. The number of allylic oxidation sites excluding steroid dienone is 1. The summed E-state index contributed by atoms with van der Waals surface area (Å²) in [4.78, 5) is 0. The van der Waals surface area contributed by atoms with Crippen molar-refractivity contribution in [1.82, 2.24) is 0 Å². The average molecular weight is 435 g/mol. The fourth-order valence-corrected chi connectivity index (χ4v) is 5.43. The van der Waals surface area contributed by atoms with Crippen LogP contribution in [0, 0.1) is 24.6 Å². The molecule has 3 rings (SSSR count). The van der Waals surface area contributed by atoms with E-state index in [0.29, 0.717) is 11.7 Å². The first-order valence-electron chi connectivity index (χ1n) is 12.3. The quantitative estimate of drug-likeness (QED) is 0.334. The first-order chi connectivity index (χ1) is 14.6. The van der Waals surface area contributed by atoms with Crippen molar-refractivity contribution >= 4 is 17.2 Å². The van der Waals surface area contributed by atoms with E-state index < -0.39 is 0 Å². The van der Waals surface area contributed by atoms with Crippen molar-refractivity contribution in [2.24, 2.45) is 11.8 Å². The summed E-state index contributed by atoms with van der Waals surface area (Å²) in [5, 5.41) is 0.266. The molecule has 0 aliphatic heterocycles. The van der Waals surface area contributed by atoms with Gasteiger partial charge in [0.2, 0.25) is 0 Å². The van der Waals surface area contributed by atoms with Gasteiger partial charge < -0.3 is 4.74 Å². The molecule has 30 heavy (non-hydrogen) atoms. The van der Waals surface area contributed by atoms with Crippen molar-refractivity contribution in [3.8, 4) is 0 Å². The summed E-state index contributed by atoms with van der Waals surface area (Å²) in [5.74, 6) is 1.42. The molecule has 2 aliphatic carbocycles. The highest BCUT2D eigenvalue weighted by atomic mass is 35.5. The van der Waals surface area contributed by atoms with Crippen LogP contribution in [-0.2, 0) is 4.74 Å². The third kappa shape index (κ3) is 6.82. The molecule has 0 spiro atoms. The largest absolute Gasteiger partial charge is 0.378 e. The second kappa shape index (κ2) is 12.2. The Morgan fingerprint density at radius 3 is 2.43 bits per heavy atom. The predicted molar refractivity (Wildman–Crippen MR) is 127 cm³/mol. The number of unbranched alkanes of at least 4 members (excludes halogenated alkanes) is 4. The van der Waals surface area contributed by atoms with Crippen molar-refractivity contribution in [2.75, 3.05) is 6.61 Å². The van der Waals surface area contributed by atoms with Crippen LogP contribution in [0.4, 0.5) is 4.39 Å². The number of hydrogen-bond donors (Lipinski definition) is 0. The third-order valence-electron chi connectivity index (χ3n) is 7.23. The minimum atomic E-state index is -0.287. The van der Waals surface area contributed by atoms with Gasteiger partial charge in [0.1, 0.15) is 5.82 Å². The molecule has 0 bridgehead atoms. The second-order valence-corrected chi connectivity index (χ2v) is 9.98. The zero-order valence-corrected chi connectivity index (χ0v) is 19.8. The van der Waals surface area contributed by atoms with Gasteiger partial charge in [0, 0.05) is 6.61 Å². The molecule has 0 amide bonds. The van der Waals surface area contributed by atoms with Crippen LogP contribution < -0.4 is 0 Å². The van der Waals surface area contributed by atoms with E-state index in [1.165, 1.54) is 64.2 Å². The lowest BCUT2D eigenvalue weighted by atomic mass is 9.80. The lowest BCUT2D eigenvalue weighted by Crippen LogP contribution is -2.23. The molecule has 1 aromatic carbocycles. The minimum Gasteiger partial charge on any atom is -0.378 e. The average Bonchev–Trinajstić information content (AvgIpc) is 2.77. The Hall–Kier alpha value is -0.860. The monoisotopic (exact) mass is 434 g/mol. The van der Waals surface area contributed by atoms with Gasteiger partial charge in [0.15, 0.2) is 0 Å². The summed E-state index contributed by atoms with van der Waals surface area (Å²) in [6, 6.07) is 3.78. The molecule has 1 nitrogen and oxygen atoms in total. The van der Waals surface area contributed by atoms with Gasteiger partial charge in [-0.05, 0) is 67.6 Å². The Kier molecular flexibility index (Phi) is 9.71. The van der Waals surface area contributed by atoms with Gasteiger partial charge in [0.05, 0.1) is 11.1 Å². The van der Waals surface area contributed by atoms with Crippen LogP contribution in [0.2, 0.25) is 5.02 Å². The van der Waals surface area contributed by atoms with Crippen LogP contribution in [0.5, 0.6) is 0 Å². The van der Waals surface area contributed by atoms with Gasteiger partial charge in [-0.15, -0.1) is 0 Å². The van der Waals surface area contributed by atoms with Crippen LogP contribution in [0.25, 0.3) is 5.57 Å². The molecule has 3 heteroatoms. The van der Waals surface area contributed by atoms with Crippen LogP contribution in [0.1, 0.15) is 102 Å². The number of aryl methyl sites for hydroxylation is 1. The highest BCUT2D eigenvalue weighted by molar-refractivity contribution is 6.32. The minimum absolute atomic E-state index is 0.266. The van der Waals surface area contributed by atoms with Gasteiger partial charge in [0.25, 0.3) is 0 Å². The number of halogens is 2. The van der Waals surface area contributed by atoms with Crippen molar-refractivity contribution < 1.29 is 9.13 Å². The molecule has 1 saturated carbocycles. The molecule has 0 N–H and O–H groups in total. The molecule has 2 aliphatic rings. The maximum atomic E-state index is 14.1. The second-order valence-electron chi connectivity index (χ2n) is 9.61. The molecular weight excluding hydrogens is 395 g/mol. The molecule has 1 unspecified atom stereocenters. The molecule has 0 saturated heterocycles. The van der Waals surface area contributed by atoms with Gasteiger partial charge in [-0.3, -0.25) is 0 Å². The highest BCUT2D eigenvalue weighted by Gasteiger charge is 2.24. The molecule has 1 fully saturated rings. The third-order valence-corrected chi connectivity index (χ3v) is 7.60. The number of benzene rings is 1. The smallest absolute Gasteiger partial charge is 0.145 e. The van der Waals surface area contributed by atoms with Crippen molar-refractivity contribution in [3.05, 3.63) is 40.2 Å². The van der Waals surface area contributed by atoms with Gasteiger partial charge in [-0.2, -0.15) is 0 Å². The number of rotatable bonds is 10. The molecule has 1 atom stereocenters. The van der Waals surface area contributed by atoms with Crippen LogP contribution in [0.15, 0.2) is 18.2 Å². The van der Waals surface area contributed by atoms with Crippen LogP contribution in [-0.4, -0.2) is 12.7 Å². The summed E-state index contributed by atoms with van der Waals surface area (Å²) in [6.45, 7) is 4.95. The summed E-state index contributed by atoms with van der Waals surface area (Å²) in [7, 11) is 0. The summed E-state index contributed by atoms with van der Waals surface area (Å²) in [6.07, 6.45) is 19.3. The van der Waals surface area contributed by atoms with Gasteiger partial charge in [-0.25, -0.2) is 4.39 Å². The Balaban J connectivity index is 1.35. The molecule has 0 heterocycles. The van der Waals surface area contributed by atoms with E-state index in [0.717, 1.165) is 48.8 Å². The molecule has 0 aromatic heterocycles. The van der Waals surface area contributed by atoms with E-state index in [1.54, 1.807) is 6.92 Å². The highest BCUT2D eigenvalue weighted by Crippen LogP contribution is 2.36. The molecular formula is C27H40ClFO. The first kappa shape index (κ1) is 23.8. The van der Waals surface area contributed by atoms with Crippen molar-refractivity contribution in [1.29, 1.82) is 0 Å². The van der Waals surface area contributed by atoms with E-state index in [9.17, 15) is 4.39 Å². The Bertz CT molecular complexity index is 690. The van der Waals surface area contributed by atoms with Gasteiger partial charge >= 0.3 is 0 Å². The summed E-state index contributed by atoms with van der Waals surface area (Å²) >= 11 is 6.25.